The van der Waals surface area contributed by atoms with Crippen molar-refractivity contribution in [2.24, 2.45) is 11.5 Å². The number of primary amides is 1. The molecule has 110 valence electrons. The van der Waals surface area contributed by atoms with Gasteiger partial charge in [-0.25, -0.2) is 0 Å². The molecule has 0 spiro atoms. The van der Waals surface area contributed by atoms with Crippen molar-refractivity contribution < 1.29 is 14.3 Å². The lowest BCUT2D eigenvalue weighted by Crippen LogP contribution is -2.33. The van der Waals surface area contributed by atoms with Gasteiger partial charge in [0, 0.05) is 32.8 Å². The van der Waals surface area contributed by atoms with Gasteiger partial charge in [0.2, 0.25) is 11.8 Å². The predicted octanol–water partition coefficient (Wildman–Crippen LogP) is 0.108. The standard InChI is InChI=1S/C14H21N3O3/c1-17(13(18)7-12(8-15)20-2)9-10-3-5-11(6-4-10)14(16)19/h3-6,12H,7-9,15H2,1-2H3,(H2,16,19). The molecule has 0 bridgehead atoms. The number of rotatable bonds is 7. The summed E-state index contributed by atoms with van der Waals surface area (Å²) in [5, 5.41) is 0. The van der Waals surface area contributed by atoms with Crippen LogP contribution < -0.4 is 11.5 Å². The Morgan fingerprint density at radius 2 is 1.90 bits per heavy atom. The fraction of sp³-hybridized carbons (Fsp3) is 0.429. The highest BCUT2D eigenvalue weighted by atomic mass is 16.5. The van der Waals surface area contributed by atoms with E-state index in [-0.39, 0.29) is 18.4 Å². The molecule has 1 rings (SSSR count). The Kier molecular flexibility index (Phi) is 6.14. The zero-order valence-electron chi connectivity index (χ0n) is 11.8. The van der Waals surface area contributed by atoms with E-state index in [2.05, 4.69) is 0 Å². The molecule has 0 aliphatic heterocycles. The van der Waals surface area contributed by atoms with E-state index >= 15 is 0 Å². The second-order valence-corrected chi connectivity index (χ2v) is 4.61. The summed E-state index contributed by atoms with van der Waals surface area (Å²) >= 11 is 0. The van der Waals surface area contributed by atoms with Gasteiger partial charge in [-0.05, 0) is 17.7 Å². The van der Waals surface area contributed by atoms with Crippen LogP contribution in [0.4, 0.5) is 0 Å². The quantitative estimate of drug-likeness (QED) is 0.740. The average molecular weight is 279 g/mol. The van der Waals surface area contributed by atoms with Crippen LogP contribution in [0.15, 0.2) is 24.3 Å². The van der Waals surface area contributed by atoms with Crippen molar-refractivity contribution in [2.45, 2.75) is 19.1 Å². The van der Waals surface area contributed by atoms with Crippen molar-refractivity contribution in [1.82, 2.24) is 4.90 Å². The number of benzene rings is 1. The first kappa shape index (κ1) is 16.1. The van der Waals surface area contributed by atoms with Crippen LogP contribution in [0.5, 0.6) is 0 Å². The average Bonchev–Trinajstić information content (AvgIpc) is 2.44. The van der Waals surface area contributed by atoms with E-state index in [1.807, 2.05) is 0 Å². The van der Waals surface area contributed by atoms with Crippen LogP contribution in [0.3, 0.4) is 0 Å². The monoisotopic (exact) mass is 279 g/mol. The van der Waals surface area contributed by atoms with Gasteiger partial charge in [0.1, 0.15) is 0 Å². The van der Waals surface area contributed by atoms with Gasteiger partial charge in [-0.15, -0.1) is 0 Å². The van der Waals surface area contributed by atoms with Crippen LogP contribution >= 0.6 is 0 Å². The molecule has 0 heterocycles. The molecular weight excluding hydrogens is 258 g/mol. The molecule has 1 aromatic rings. The van der Waals surface area contributed by atoms with E-state index in [1.165, 1.54) is 7.11 Å². The number of hydrogen-bond acceptors (Lipinski definition) is 4. The molecule has 0 saturated heterocycles. The largest absolute Gasteiger partial charge is 0.380 e. The van der Waals surface area contributed by atoms with Crippen molar-refractivity contribution in [2.75, 3.05) is 20.7 Å². The fourth-order valence-electron chi connectivity index (χ4n) is 1.75. The summed E-state index contributed by atoms with van der Waals surface area (Å²) < 4.78 is 5.09. The van der Waals surface area contributed by atoms with Crippen molar-refractivity contribution in [3.05, 3.63) is 35.4 Å². The lowest BCUT2D eigenvalue weighted by Gasteiger charge is -2.20. The minimum absolute atomic E-state index is 0.0405. The molecule has 2 amide bonds. The molecule has 6 nitrogen and oxygen atoms in total. The Balaban J connectivity index is 2.58. The second-order valence-electron chi connectivity index (χ2n) is 4.61. The van der Waals surface area contributed by atoms with Gasteiger partial charge >= 0.3 is 0 Å². The molecule has 1 atom stereocenters. The molecule has 0 aliphatic carbocycles. The number of carbonyl (C=O) groups excluding carboxylic acids is 2. The molecule has 6 heteroatoms. The lowest BCUT2D eigenvalue weighted by molar-refractivity contribution is -0.132. The SMILES string of the molecule is COC(CN)CC(=O)N(C)Cc1ccc(C(N)=O)cc1. The van der Waals surface area contributed by atoms with Gasteiger partial charge < -0.3 is 21.1 Å². The number of ether oxygens (including phenoxy) is 1. The highest BCUT2D eigenvalue weighted by Gasteiger charge is 2.15. The summed E-state index contributed by atoms with van der Waals surface area (Å²) in [5.74, 6) is -0.506. The third-order valence-electron chi connectivity index (χ3n) is 3.08. The normalized spacial score (nSPS) is 11.9. The highest BCUT2D eigenvalue weighted by molar-refractivity contribution is 5.92. The molecule has 1 aromatic carbocycles. The van der Waals surface area contributed by atoms with E-state index < -0.39 is 5.91 Å². The maximum Gasteiger partial charge on any atom is 0.248 e. The van der Waals surface area contributed by atoms with Gasteiger partial charge in [-0.1, -0.05) is 12.1 Å². The zero-order valence-corrected chi connectivity index (χ0v) is 11.8. The van der Waals surface area contributed by atoms with Crippen LogP contribution in [0.2, 0.25) is 0 Å². The number of carbonyl (C=O) groups is 2. The first-order chi connectivity index (χ1) is 9.47. The van der Waals surface area contributed by atoms with Crippen molar-refractivity contribution in [1.29, 1.82) is 0 Å². The number of amides is 2. The Morgan fingerprint density at radius 3 is 2.35 bits per heavy atom. The van der Waals surface area contributed by atoms with Crippen molar-refractivity contribution in [3.8, 4) is 0 Å². The summed E-state index contributed by atoms with van der Waals surface area (Å²) in [7, 11) is 3.25. The van der Waals surface area contributed by atoms with E-state index in [9.17, 15) is 9.59 Å². The van der Waals surface area contributed by atoms with Crippen LogP contribution in [-0.2, 0) is 16.1 Å². The first-order valence-corrected chi connectivity index (χ1v) is 6.33. The lowest BCUT2D eigenvalue weighted by atomic mass is 10.1. The maximum atomic E-state index is 12.0. The number of nitrogens with zero attached hydrogens (tertiary/aromatic N) is 1. The molecule has 0 radical (unpaired) electrons. The van der Waals surface area contributed by atoms with Crippen molar-refractivity contribution >= 4 is 11.8 Å². The van der Waals surface area contributed by atoms with E-state index in [1.54, 1.807) is 36.2 Å². The van der Waals surface area contributed by atoms with Gasteiger partial charge in [-0.2, -0.15) is 0 Å². The Hall–Kier alpha value is -1.92. The van der Waals surface area contributed by atoms with Crippen molar-refractivity contribution in [3.63, 3.8) is 0 Å². The van der Waals surface area contributed by atoms with Gasteiger partial charge in [-0.3, -0.25) is 9.59 Å². The molecule has 0 saturated carbocycles. The van der Waals surface area contributed by atoms with Gasteiger partial charge in [0.05, 0.1) is 12.5 Å². The molecular formula is C14H21N3O3. The van der Waals surface area contributed by atoms with Gasteiger partial charge in [0.15, 0.2) is 0 Å². The summed E-state index contributed by atoms with van der Waals surface area (Å²) in [6.45, 7) is 0.766. The summed E-state index contributed by atoms with van der Waals surface area (Å²) in [6.07, 6.45) is -0.00902. The Labute approximate surface area is 118 Å². The molecule has 0 aliphatic rings. The molecule has 0 fully saturated rings. The maximum absolute atomic E-state index is 12.0. The first-order valence-electron chi connectivity index (χ1n) is 6.33. The van der Waals surface area contributed by atoms with E-state index in [0.717, 1.165) is 5.56 Å². The third kappa shape index (κ3) is 4.64. The Bertz CT molecular complexity index is 455. The number of hydrogen-bond donors (Lipinski definition) is 2. The minimum Gasteiger partial charge on any atom is -0.380 e. The van der Waals surface area contributed by atoms with E-state index in [4.69, 9.17) is 16.2 Å². The second kappa shape index (κ2) is 7.62. The molecule has 1 unspecified atom stereocenters. The van der Waals surface area contributed by atoms with Gasteiger partial charge in [0.25, 0.3) is 0 Å². The fourth-order valence-corrected chi connectivity index (χ4v) is 1.75. The minimum atomic E-state index is -0.466. The molecule has 0 aromatic heterocycles. The number of nitrogens with two attached hydrogens (primary N) is 2. The zero-order chi connectivity index (χ0) is 15.1. The van der Waals surface area contributed by atoms with E-state index in [0.29, 0.717) is 18.7 Å². The van der Waals surface area contributed by atoms with Crippen LogP contribution in [0.1, 0.15) is 22.3 Å². The topological polar surface area (TPSA) is 98.7 Å². The summed E-state index contributed by atoms with van der Waals surface area (Å²) in [5.41, 5.74) is 12.0. The predicted molar refractivity (Wildman–Crippen MR) is 75.9 cm³/mol. The van der Waals surface area contributed by atoms with Crippen LogP contribution in [-0.4, -0.2) is 43.5 Å². The molecule has 4 N–H and O–H groups in total. The molecule has 20 heavy (non-hydrogen) atoms. The highest BCUT2D eigenvalue weighted by Crippen LogP contribution is 2.08. The van der Waals surface area contributed by atoms with Crippen LogP contribution in [0, 0.1) is 0 Å². The summed E-state index contributed by atoms with van der Waals surface area (Å²) in [6, 6.07) is 6.85. The third-order valence-corrected chi connectivity index (χ3v) is 3.08. The number of methoxy groups -OCH3 is 1. The smallest absolute Gasteiger partial charge is 0.248 e. The Morgan fingerprint density at radius 1 is 1.30 bits per heavy atom. The summed E-state index contributed by atoms with van der Waals surface area (Å²) in [4.78, 5) is 24.5. The van der Waals surface area contributed by atoms with Crippen LogP contribution in [0.25, 0.3) is 0 Å².